The molecule has 1 aromatic heterocycles. The molecule has 1 saturated heterocycles. The second-order valence-electron chi connectivity index (χ2n) is 9.56. The highest BCUT2D eigenvalue weighted by atomic mass is 16.6. The molecule has 7 nitrogen and oxygen atoms in total. The normalized spacial score (nSPS) is 37.4. The lowest BCUT2D eigenvalue weighted by molar-refractivity contribution is -0.177. The van der Waals surface area contributed by atoms with E-state index in [0.717, 1.165) is 44.3 Å². The number of amides is 1. The van der Waals surface area contributed by atoms with E-state index in [1.165, 1.54) is 0 Å². The highest BCUT2D eigenvalue weighted by Crippen LogP contribution is 2.56. The Labute approximate surface area is 171 Å². The number of nitriles is 1. The summed E-state index contributed by atoms with van der Waals surface area (Å²) in [5.74, 6) is 1.97. The first-order chi connectivity index (χ1) is 13.9. The Balaban J connectivity index is 1.17. The fourth-order valence-electron chi connectivity index (χ4n) is 6.33. The van der Waals surface area contributed by atoms with Crippen molar-refractivity contribution in [1.82, 2.24) is 9.88 Å². The zero-order valence-corrected chi connectivity index (χ0v) is 16.8. The van der Waals surface area contributed by atoms with Crippen molar-refractivity contribution in [3.8, 4) is 6.07 Å². The summed E-state index contributed by atoms with van der Waals surface area (Å²) in [5.41, 5.74) is 0.775. The third kappa shape index (κ3) is 3.44. The topological polar surface area (TPSA) is 98.5 Å². The maximum atomic E-state index is 12.8. The van der Waals surface area contributed by atoms with Crippen molar-refractivity contribution in [3.63, 3.8) is 0 Å². The second kappa shape index (κ2) is 6.88. The minimum atomic E-state index is -0.506. The van der Waals surface area contributed by atoms with E-state index in [0.29, 0.717) is 42.1 Å². The number of aromatic nitrogens is 1. The number of ether oxygens (including phenoxy) is 1. The number of rotatable bonds is 3. The van der Waals surface area contributed by atoms with Gasteiger partial charge in [-0.15, -0.1) is 0 Å². The highest BCUT2D eigenvalue weighted by Gasteiger charge is 2.56. The Morgan fingerprint density at radius 1 is 1.34 bits per heavy atom. The van der Waals surface area contributed by atoms with Crippen LogP contribution in [-0.4, -0.2) is 51.9 Å². The molecule has 7 heteroatoms. The first-order valence-electron chi connectivity index (χ1n) is 10.7. The van der Waals surface area contributed by atoms with Crippen LogP contribution in [0.15, 0.2) is 12.1 Å². The largest absolute Gasteiger partial charge is 0.446 e. The first-order valence-corrected chi connectivity index (χ1v) is 10.7. The molecule has 2 N–H and O–H groups in total. The average molecular weight is 396 g/mol. The third-order valence-corrected chi connectivity index (χ3v) is 7.40. The zero-order chi connectivity index (χ0) is 20.2. The SMILES string of the molecule is Cc1nc(N[C@@H]2CCN(C(=O)OC3C4CC5C[C@H]3C[C@@](O)(C5)C4)C2)ccc1C#N. The second-order valence-corrected chi connectivity index (χ2v) is 9.56. The van der Waals surface area contributed by atoms with E-state index in [9.17, 15) is 9.90 Å². The minimum Gasteiger partial charge on any atom is -0.446 e. The van der Waals surface area contributed by atoms with Gasteiger partial charge in [-0.25, -0.2) is 9.78 Å². The van der Waals surface area contributed by atoms with Crippen molar-refractivity contribution in [2.24, 2.45) is 17.8 Å². The van der Waals surface area contributed by atoms with Crippen molar-refractivity contribution < 1.29 is 14.6 Å². The van der Waals surface area contributed by atoms with E-state index >= 15 is 0 Å². The molecule has 1 amide bonds. The lowest BCUT2D eigenvalue weighted by Crippen LogP contribution is -2.58. The summed E-state index contributed by atoms with van der Waals surface area (Å²) in [6.07, 6.45) is 5.27. The van der Waals surface area contributed by atoms with Gasteiger partial charge >= 0.3 is 6.09 Å². The van der Waals surface area contributed by atoms with Crippen LogP contribution in [-0.2, 0) is 4.74 Å². The zero-order valence-electron chi connectivity index (χ0n) is 16.8. The number of carbonyl (C=O) groups is 1. The van der Waals surface area contributed by atoms with Gasteiger partial charge in [-0.2, -0.15) is 5.26 Å². The molecule has 0 radical (unpaired) electrons. The van der Waals surface area contributed by atoms with Gasteiger partial charge in [0.1, 0.15) is 18.0 Å². The van der Waals surface area contributed by atoms with E-state index in [-0.39, 0.29) is 18.2 Å². The van der Waals surface area contributed by atoms with Crippen molar-refractivity contribution in [2.75, 3.05) is 18.4 Å². The lowest BCUT2D eigenvalue weighted by Gasteiger charge is -2.57. The molecule has 4 aliphatic carbocycles. The minimum absolute atomic E-state index is 0.0332. The predicted molar refractivity (Wildman–Crippen MR) is 106 cm³/mol. The van der Waals surface area contributed by atoms with Crippen LogP contribution < -0.4 is 5.32 Å². The average Bonchev–Trinajstić information content (AvgIpc) is 3.12. The molecule has 1 aromatic rings. The van der Waals surface area contributed by atoms with Crippen LogP contribution in [0.5, 0.6) is 0 Å². The fraction of sp³-hybridized carbons (Fsp3) is 0.682. The lowest BCUT2D eigenvalue weighted by atomic mass is 9.53. The summed E-state index contributed by atoms with van der Waals surface area (Å²) in [6, 6.07) is 5.83. The number of likely N-dealkylation sites (tertiary alicyclic amines) is 1. The molecular formula is C22H28N4O3. The van der Waals surface area contributed by atoms with Crippen LogP contribution in [0.1, 0.15) is 49.8 Å². The van der Waals surface area contributed by atoms with E-state index in [2.05, 4.69) is 16.4 Å². The number of hydrogen-bond acceptors (Lipinski definition) is 6. The van der Waals surface area contributed by atoms with E-state index in [1.54, 1.807) is 11.0 Å². The number of nitrogens with zero attached hydrogens (tertiary/aromatic N) is 3. The molecule has 154 valence electrons. The van der Waals surface area contributed by atoms with Crippen LogP contribution in [0.25, 0.3) is 0 Å². The molecule has 1 aliphatic heterocycles. The summed E-state index contributed by atoms with van der Waals surface area (Å²) >= 11 is 0. The predicted octanol–water partition coefficient (Wildman–Crippen LogP) is 2.82. The van der Waals surface area contributed by atoms with Gasteiger partial charge in [0.25, 0.3) is 0 Å². The van der Waals surface area contributed by atoms with Gasteiger partial charge in [-0.05, 0) is 75.3 Å². The van der Waals surface area contributed by atoms with Crippen LogP contribution in [0.3, 0.4) is 0 Å². The Morgan fingerprint density at radius 2 is 2.10 bits per heavy atom. The molecule has 29 heavy (non-hydrogen) atoms. The molecule has 6 atom stereocenters. The molecule has 0 spiro atoms. The smallest absolute Gasteiger partial charge is 0.410 e. The molecule has 4 bridgehead atoms. The Morgan fingerprint density at radius 3 is 2.76 bits per heavy atom. The van der Waals surface area contributed by atoms with Gasteiger partial charge in [0, 0.05) is 19.1 Å². The van der Waals surface area contributed by atoms with Crippen LogP contribution in [0.4, 0.5) is 10.6 Å². The molecule has 5 aliphatic rings. The number of carbonyl (C=O) groups excluding carboxylic acids is 1. The van der Waals surface area contributed by atoms with Crippen molar-refractivity contribution in [1.29, 1.82) is 5.26 Å². The van der Waals surface area contributed by atoms with Gasteiger partial charge < -0.3 is 20.1 Å². The number of pyridine rings is 1. The first kappa shape index (κ1) is 18.7. The van der Waals surface area contributed by atoms with Crippen molar-refractivity contribution >= 4 is 11.9 Å². The molecular weight excluding hydrogens is 368 g/mol. The van der Waals surface area contributed by atoms with Gasteiger partial charge in [0.2, 0.25) is 0 Å². The van der Waals surface area contributed by atoms with Crippen LogP contribution >= 0.6 is 0 Å². The van der Waals surface area contributed by atoms with E-state index in [1.807, 2.05) is 13.0 Å². The van der Waals surface area contributed by atoms with Gasteiger partial charge in [0.15, 0.2) is 0 Å². The monoisotopic (exact) mass is 396 g/mol. The molecule has 4 saturated carbocycles. The summed E-state index contributed by atoms with van der Waals surface area (Å²) in [7, 11) is 0. The summed E-state index contributed by atoms with van der Waals surface area (Å²) in [4.78, 5) is 19.0. The fourth-order valence-corrected chi connectivity index (χ4v) is 6.33. The highest BCUT2D eigenvalue weighted by molar-refractivity contribution is 5.68. The van der Waals surface area contributed by atoms with Crippen LogP contribution in [0, 0.1) is 36.0 Å². The van der Waals surface area contributed by atoms with Gasteiger partial charge in [0.05, 0.1) is 16.9 Å². The number of aliphatic hydroxyl groups is 1. The van der Waals surface area contributed by atoms with Gasteiger partial charge in [-0.3, -0.25) is 0 Å². The van der Waals surface area contributed by atoms with Crippen LogP contribution in [0.2, 0.25) is 0 Å². The van der Waals surface area contributed by atoms with Crippen molar-refractivity contribution in [2.45, 2.75) is 63.2 Å². The number of aryl methyl sites for hydroxylation is 1. The molecule has 3 unspecified atom stereocenters. The number of nitrogens with one attached hydrogen (secondary N) is 1. The maximum absolute atomic E-state index is 12.8. The Bertz CT molecular complexity index is 850. The standard InChI is InChI=1S/C22H28N4O3/c1-13-15(11-23)2-3-19(24-13)25-18-4-5-26(12-18)21(27)29-20-16-6-14-7-17(20)10-22(28,8-14)9-16/h2-3,14,16-18,20,28H,4-10,12H2,1H3,(H,24,25)/t14?,16-,17?,18+,20?,22-/m0/s1. The van der Waals surface area contributed by atoms with E-state index < -0.39 is 5.60 Å². The Kier molecular flexibility index (Phi) is 4.43. The summed E-state index contributed by atoms with van der Waals surface area (Å²) in [5, 5.41) is 23.1. The quantitative estimate of drug-likeness (QED) is 0.815. The third-order valence-electron chi connectivity index (χ3n) is 7.40. The van der Waals surface area contributed by atoms with Crippen molar-refractivity contribution in [3.05, 3.63) is 23.4 Å². The summed E-state index contributed by atoms with van der Waals surface area (Å²) in [6.45, 7) is 3.08. The molecule has 0 aromatic carbocycles. The number of hydrogen-bond donors (Lipinski definition) is 2. The number of anilines is 1. The summed E-state index contributed by atoms with van der Waals surface area (Å²) < 4.78 is 6.00. The molecule has 6 rings (SSSR count). The maximum Gasteiger partial charge on any atom is 0.410 e. The van der Waals surface area contributed by atoms with Gasteiger partial charge in [-0.1, -0.05) is 0 Å². The molecule has 2 heterocycles. The molecule has 5 fully saturated rings. The van der Waals surface area contributed by atoms with E-state index in [4.69, 9.17) is 10.00 Å². The Hall–Kier alpha value is -2.33.